The molecule has 1 N–H and O–H groups in total. The van der Waals surface area contributed by atoms with E-state index in [2.05, 4.69) is 5.32 Å². The number of piperidine rings is 1. The summed E-state index contributed by atoms with van der Waals surface area (Å²) in [6, 6.07) is 11.0. The summed E-state index contributed by atoms with van der Waals surface area (Å²) in [4.78, 5) is 25.7. The number of para-hydroxylation sites is 1. The van der Waals surface area contributed by atoms with Gasteiger partial charge in [0.15, 0.2) is 6.10 Å². The average Bonchev–Trinajstić information content (AvgIpc) is 2.55. The minimum atomic E-state index is -0.730. The molecule has 1 aromatic carbocycles. The van der Waals surface area contributed by atoms with Gasteiger partial charge in [-0.3, -0.25) is 4.79 Å². The van der Waals surface area contributed by atoms with E-state index in [-0.39, 0.29) is 17.9 Å². The Bertz CT molecular complexity index is 560. The molecule has 0 radical (unpaired) electrons. The molecule has 1 aliphatic heterocycles. The molecular formula is C16H19N3O3. The molecule has 116 valence electrons. The predicted octanol–water partition coefficient (Wildman–Crippen LogP) is 2.39. The fourth-order valence-electron chi connectivity index (χ4n) is 2.34. The van der Waals surface area contributed by atoms with Crippen LogP contribution in [-0.2, 0) is 9.53 Å². The zero-order valence-electron chi connectivity index (χ0n) is 12.5. The first-order valence-corrected chi connectivity index (χ1v) is 7.31. The molecular weight excluding hydrogens is 282 g/mol. The maximum absolute atomic E-state index is 12.1. The van der Waals surface area contributed by atoms with Crippen LogP contribution in [0.15, 0.2) is 30.3 Å². The number of nitrogens with zero attached hydrogens (tertiary/aromatic N) is 2. The summed E-state index contributed by atoms with van der Waals surface area (Å²) in [5, 5.41) is 11.5. The highest BCUT2D eigenvalue weighted by Gasteiger charge is 2.29. The Labute approximate surface area is 129 Å². The molecule has 1 heterocycles. The SMILES string of the molecule is CC(C#N)OC(=O)C1CCN(C(=O)Nc2ccccc2)CC1. The molecule has 0 spiro atoms. The third-order valence-electron chi connectivity index (χ3n) is 3.62. The van der Waals surface area contributed by atoms with Crippen LogP contribution < -0.4 is 5.32 Å². The Balaban J connectivity index is 1.80. The number of nitriles is 1. The molecule has 0 aliphatic carbocycles. The number of carbonyl (C=O) groups is 2. The molecule has 2 amide bonds. The number of ether oxygens (including phenoxy) is 1. The molecule has 0 saturated carbocycles. The molecule has 1 saturated heterocycles. The molecule has 6 heteroatoms. The second-order valence-electron chi connectivity index (χ2n) is 5.27. The van der Waals surface area contributed by atoms with Crippen molar-refractivity contribution in [2.24, 2.45) is 5.92 Å². The van der Waals surface area contributed by atoms with E-state index in [1.165, 1.54) is 0 Å². The van der Waals surface area contributed by atoms with Crippen molar-refractivity contribution in [3.8, 4) is 6.07 Å². The van der Waals surface area contributed by atoms with Crippen LogP contribution in [0, 0.1) is 17.2 Å². The maximum Gasteiger partial charge on any atom is 0.321 e. The van der Waals surface area contributed by atoms with Crippen LogP contribution in [0.3, 0.4) is 0 Å². The van der Waals surface area contributed by atoms with Gasteiger partial charge in [-0.05, 0) is 31.9 Å². The van der Waals surface area contributed by atoms with Gasteiger partial charge in [0.05, 0.1) is 5.92 Å². The van der Waals surface area contributed by atoms with E-state index < -0.39 is 6.10 Å². The summed E-state index contributed by atoms with van der Waals surface area (Å²) >= 11 is 0. The number of likely N-dealkylation sites (tertiary alicyclic amines) is 1. The number of hydrogen-bond acceptors (Lipinski definition) is 4. The number of amides is 2. The van der Waals surface area contributed by atoms with E-state index in [4.69, 9.17) is 10.00 Å². The van der Waals surface area contributed by atoms with Gasteiger partial charge < -0.3 is 15.0 Å². The highest BCUT2D eigenvalue weighted by atomic mass is 16.5. The lowest BCUT2D eigenvalue weighted by Crippen LogP contribution is -2.43. The molecule has 1 atom stereocenters. The summed E-state index contributed by atoms with van der Waals surface area (Å²) in [5.74, 6) is -0.589. The average molecular weight is 301 g/mol. The van der Waals surface area contributed by atoms with Gasteiger partial charge in [0.1, 0.15) is 6.07 Å². The van der Waals surface area contributed by atoms with Crippen LogP contribution >= 0.6 is 0 Å². The number of esters is 1. The van der Waals surface area contributed by atoms with E-state index in [1.807, 2.05) is 36.4 Å². The first-order chi connectivity index (χ1) is 10.6. The third-order valence-corrected chi connectivity index (χ3v) is 3.62. The van der Waals surface area contributed by atoms with Gasteiger partial charge in [-0.2, -0.15) is 5.26 Å². The van der Waals surface area contributed by atoms with Crippen LogP contribution in [0.25, 0.3) is 0 Å². The van der Waals surface area contributed by atoms with Crippen molar-refractivity contribution in [2.75, 3.05) is 18.4 Å². The predicted molar refractivity (Wildman–Crippen MR) is 80.9 cm³/mol. The van der Waals surface area contributed by atoms with Gasteiger partial charge in [0, 0.05) is 18.8 Å². The summed E-state index contributed by atoms with van der Waals surface area (Å²) in [7, 11) is 0. The van der Waals surface area contributed by atoms with Crippen molar-refractivity contribution in [3.05, 3.63) is 30.3 Å². The van der Waals surface area contributed by atoms with E-state index in [0.717, 1.165) is 5.69 Å². The smallest absolute Gasteiger partial charge is 0.321 e. The number of carbonyl (C=O) groups excluding carboxylic acids is 2. The zero-order chi connectivity index (χ0) is 15.9. The summed E-state index contributed by atoms with van der Waals surface area (Å²) < 4.78 is 5.01. The minimum absolute atomic E-state index is 0.164. The highest BCUT2D eigenvalue weighted by Crippen LogP contribution is 2.20. The number of rotatable bonds is 3. The van der Waals surface area contributed by atoms with Crippen molar-refractivity contribution in [3.63, 3.8) is 0 Å². The van der Waals surface area contributed by atoms with Crippen LogP contribution in [-0.4, -0.2) is 36.1 Å². The van der Waals surface area contributed by atoms with Gasteiger partial charge in [-0.15, -0.1) is 0 Å². The highest BCUT2D eigenvalue weighted by molar-refractivity contribution is 5.89. The van der Waals surface area contributed by atoms with E-state index in [1.54, 1.807) is 11.8 Å². The number of benzene rings is 1. The van der Waals surface area contributed by atoms with Gasteiger partial charge in [0.25, 0.3) is 0 Å². The lowest BCUT2D eigenvalue weighted by Gasteiger charge is -2.31. The number of urea groups is 1. The van der Waals surface area contributed by atoms with Crippen molar-refractivity contribution in [1.29, 1.82) is 5.26 Å². The van der Waals surface area contributed by atoms with Crippen molar-refractivity contribution < 1.29 is 14.3 Å². The quantitative estimate of drug-likeness (QED) is 0.869. The Hall–Kier alpha value is -2.55. The first-order valence-electron chi connectivity index (χ1n) is 7.31. The maximum atomic E-state index is 12.1. The lowest BCUT2D eigenvalue weighted by atomic mass is 9.97. The van der Waals surface area contributed by atoms with Gasteiger partial charge >= 0.3 is 12.0 Å². The third kappa shape index (κ3) is 4.22. The Morgan fingerprint density at radius 3 is 2.55 bits per heavy atom. The fraction of sp³-hybridized carbons (Fsp3) is 0.438. The molecule has 2 rings (SSSR count). The van der Waals surface area contributed by atoms with Crippen LogP contribution in [0.5, 0.6) is 0 Å². The summed E-state index contributed by atoms with van der Waals surface area (Å²) in [5.41, 5.74) is 0.747. The molecule has 1 fully saturated rings. The van der Waals surface area contributed by atoms with Crippen LogP contribution in [0.1, 0.15) is 19.8 Å². The van der Waals surface area contributed by atoms with Gasteiger partial charge in [0.2, 0.25) is 0 Å². The zero-order valence-corrected chi connectivity index (χ0v) is 12.5. The Kier molecular flexibility index (Phi) is 5.37. The molecule has 1 aliphatic rings. The second kappa shape index (κ2) is 7.46. The number of hydrogen-bond donors (Lipinski definition) is 1. The normalized spacial score (nSPS) is 16.5. The van der Waals surface area contributed by atoms with Crippen LogP contribution in [0.4, 0.5) is 10.5 Å². The monoisotopic (exact) mass is 301 g/mol. The lowest BCUT2D eigenvalue weighted by molar-refractivity contribution is -0.152. The van der Waals surface area contributed by atoms with E-state index >= 15 is 0 Å². The summed E-state index contributed by atoms with van der Waals surface area (Å²) in [6.45, 7) is 2.54. The number of anilines is 1. The van der Waals surface area contributed by atoms with Crippen LogP contribution in [0.2, 0.25) is 0 Å². The Morgan fingerprint density at radius 1 is 1.32 bits per heavy atom. The summed E-state index contributed by atoms with van der Waals surface area (Å²) in [6.07, 6.45) is 0.380. The molecule has 1 aromatic rings. The molecule has 1 unspecified atom stereocenters. The molecule has 6 nitrogen and oxygen atoms in total. The van der Waals surface area contributed by atoms with Gasteiger partial charge in [-0.1, -0.05) is 18.2 Å². The molecule has 22 heavy (non-hydrogen) atoms. The minimum Gasteiger partial charge on any atom is -0.447 e. The van der Waals surface area contributed by atoms with Crippen molar-refractivity contribution >= 4 is 17.7 Å². The first kappa shape index (κ1) is 15.8. The Morgan fingerprint density at radius 2 is 1.95 bits per heavy atom. The van der Waals surface area contributed by atoms with E-state index in [0.29, 0.717) is 25.9 Å². The second-order valence-corrected chi connectivity index (χ2v) is 5.27. The standard InChI is InChI=1S/C16H19N3O3/c1-12(11-17)22-15(20)13-7-9-19(10-8-13)16(21)18-14-5-3-2-4-6-14/h2-6,12-13H,7-10H2,1H3,(H,18,21). The largest absolute Gasteiger partial charge is 0.447 e. The van der Waals surface area contributed by atoms with E-state index in [9.17, 15) is 9.59 Å². The van der Waals surface area contributed by atoms with Gasteiger partial charge in [-0.25, -0.2) is 4.79 Å². The molecule has 0 aromatic heterocycles. The van der Waals surface area contributed by atoms with Crippen molar-refractivity contribution in [2.45, 2.75) is 25.9 Å². The molecule has 0 bridgehead atoms. The fourth-order valence-corrected chi connectivity index (χ4v) is 2.34. The van der Waals surface area contributed by atoms with Crippen molar-refractivity contribution in [1.82, 2.24) is 4.90 Å². The topological polar surface area (TPSA) is 82.4 Å². The number of nitrogens with one attached hydrogen (secondary N) is 1.